The van der Waals surface area contributed by atoms with Crippen molar-refractivity contribution in [3.05, 3.63) is 78.1 Å². The number of carbonyl (C=O) groups is 3. The van der Waals surface area contributed by atoms with Crippen LogP contribution in [0.1, 0.15) is 43.9 Å². The van der Waals surface area contributed by atoms with Crippen molar-refractivity contribution < 1.29 is 29.3 Å². The summed E-state index contributed by atoms with van der Waals surface area (Å²) < 4.78 is 6.40. The van der Waals surface area contributed by atoms with Crippen LogP contribution in [0.15, 0.2) is 66.9 Å². The number of carbonyl (C=O) groups excluding carboxylic acids is 3. The first-order valence-electron chi connectivity index (χ1n) is 14.0. The van der Waals surface area contributed by atoms with E-state index in [1.165, 1.54) is 12.0 Å². The second-order valence-electron chi connectivity index (χ2n) is 10.2. The molecule has 0 saturated heterocycles. The zero-order chi connectivity index (χ0) is 30.1. The second kappa shape index (κ2) is 14.0. The van der Waals surface area contributed by atoms with E-state index in [1.807, 2.05) is 30.4 Å². The summed E-state index contributed by atoms with van der Waals surface area (Å²) in [6.07, 6.45) is 8.55. The first kappa shape index (κ1) is 30.6. The SMILES string of the molecule is COC(=O)CCCCN1C(=O)[C@@](O)([C@@H](C)/C=C/CCn2cc(CCO)nn2)c2cc(N(C=O)c3ccccc3)ccc21. The average Bonchev–Trinajstić information content (AvgIpc) is 3.54. The summed E-state index contributed by atoms with van der Waals surface area (Å²) in [4.78, 5) is 40.6. The third-order valence-electron chi connectivity index (χ3n) is 7.47. The minimum atomic E-state index is -1.86. The Hall–Kier alpha value is -4.35. The van der Waals surface area contributed by atoms with Crippen molar-refractivity contribution in [1.82, 2.24) is 15.0 Å². The number of benzene rings is 2. The molecule has 222 valence electrons. The van der Waals surface area contributed by atoms with Gasteiger partial charge in [-0.2, -0.15) is 0 Å². The maximum Gasteiger partial charge on any atom is 0.305 e. The number of nitrogens with zero attached hydrogens (tertiary/aromatic N) is 5. The number of rotatable bonds is 15. The van der Waals surface area contributed by atoms with Crippen LogP contribution >= 0.6 is 0 Å². The smallest absolute Gasteiger partial charge is 0.305 e. The molecule has 11 heteroatoms. The van der Waals surface area contributed by atoms with Crippen LogP contribution in [-0.2, 0) is 37.7 Å². The summed E-state index contributed by atoms with van der Waals surface area (Å²) >= 11 is 0. The normalized spacial score (nSPS) is 17.0. The van der Waals surface area contributed by atoms with Crippen LogP contribution in [0, 0.1) is 5.92 Å². The number of aromatic nitrogens is 3. The van der Waals surface area contributed by atoms with E-state index in [9.17, 15) is 19.5 Å². The standard InChI is InChI=1S/C31H37N5O6/c1-23(10-6-8-17-34-21-24(16-19-37)32-33-34)31(41)27-20-26(36(22-38)25-11-4-3-5-12-25)14-15-28(27)35(30(31)40)18-9-7-13-29(39)42-2/h3-6,10-12,14-15,20-23,37,41H,7-9,13,16-19H2,1-2H3/b10-6+/t23-,31+/m0/s1. The molecule has 4 rings (SSSR count). The number of amides is 2. The molecule has 0 bridgehead atoms. The number of allylic oxidation sites excluding steroid dienone is 1. The van der Waals surface area contributed by atoms with Crippen LogP contribution in [0.2, 0.25) is 0 Å². The van der Waals surface area contributed by atoms with Gasteiger partial charge in [0, 0.05) is 61.6 Å². The van der Waals surface area contributed by atoms with Gasteiger partial charge in [-0.05, 0) is 49.6 Å². The molecule has 2 heterocycles. The lowest BCUT2D eigenvalue weighted by molar-refractivity contribution is -0.140. The van der Waals surface area contributed by atoms with Crippen molar-refractivity contribution in [2.75, 3.05) is 30.1 Å². The van der Waals surface area contributed by atoms with E-state index in [4.69, 9.17) is 9.84 Å². The minimum absolute atomic E-state index is 0.00413. The lowest BCUT2D eigenvalue weighted by Gasteiger charge is -2.28. The number of methoxy groups -OCH3 is 1. The van der Waals surface area contributed by atoms with Gasteiger partial charge in [0.1, 0.15) is 0 Å². The van der Waals surface area contributed by atoms with Gasteiger partial charge in [-0.25, -0.2) is 0 Å². The van der Waals surface area contributed by atoms with Gasteiger partial charge >= 0.3 is 5.97 Å². The fourth-order valence-electron chi connectivity index (χ4n) is 5.13. The third-order valence-corrected chi connectivity index (χ3v) is 7.47. The number of hydrogen-bond donors (Lipinski definition) is 2. The fraction of sp³-hybridized carbons (Fsp3) is 0.387. The zero-order valence-electron chi connectivity index (χ0n) is 23.9. The van der Waals surface area contributed by atoms with Crippen molar-refractivity contribution in [2.45, 2.75) is 51.2 Å². The monoisotopic (exact) mass is 575 g/mol. The number of aliphatic hydroxyl groups is 2. The summed E-state index contributed by atoms with van der Waals surface area (Å²) in [6, 6.07) is 14.3. The van der Waals surface area contributed by atoms with Crippen LogP contribution in [0.25, 0.3) is 0 Å². The lowest BCUT2D eigenvalue weighted by Crippen LogP contribution is -2.44. The first-order chi connectivity index (χ1) is 20.3. The Morgan fingerprint density at radius 3 is 2.64 bits per heavy atom. The molecule has 3 aromatic rings. The molecule has 1 aliphatic heterocycles. The van der Waals surface area contributed by atoms with E-state index in [2.05, 4.69) is 10.3 Å². The van der Waals surface area contributed by atoms with Gasteiger partial charge in [0.15, 0.2) is 5.60 Å². The van der Waals surface area contributed by atoms with Crippen LogP contribution in [0.3, 0.4) is 0 Å². The second-order valence-corrected chi connectivity index (χ2v) is 10.2. The molecular formula is C31H37N5O6. The number of ether oxygens (including phenoxy) is 1. The van der Waals surface area contributed by atoms with Gasteiger partial charge in [-0.15, -0.1) is 5.10 Å². The molecule has 0 radical (unpaired) electrons. The molecule has 11 nitrogen and oxygen atoms in total. The Morgan fingerprint density at radius 1 is 1.14 bits per heavy atom. The van der Waals surface area contributed by atoms with E-state index in [0.29, 0.717) is 73.5 Å². The van der Waals surface area contributed by atoms with Gasteiger partial charge in [-0.1, -0.05) is 42.5 Å². The molecule has 0 aliphatic carbocycles. The summed E-state index contributed by atoms with van der Waals surface area (Å²) in [7, 11) is 1.34. The summed E-state index contributed by atoms with van der Waals surface area (Å²) in [5.74, 6) is -1.36. The number of anilines is 3. The average molecular weight is 576 g/mol. The largest absolute Gasteiger partial charge is 0.469 e. The van der Waals surface area contributed by atoms with Crippen LogP contribution in [-0.4, -0.2) is 63.8 Å². The van der Waals surface area contributed by atoms with E-state index >= 15 is 0 Å². The van der Waals surface area contributed by atoms with E-state index in [-0.39, 0.29) is 19.0 Å². The van der Waals surface area contributed by atoms with Crippen molar-refractivity contribution >= 4 is 35.3 Å². The van der Waals surface area contributed by atoms with Crippen molar-refractivity contribution in [3.8, 4) is 0 Å². The third kappa shape index (κ3) is 6.58. The highest BCUT2D eigenvalue weighted by molar-refractivity contribution is 6.08. The Balaban J connectivity index is 1.59. The van der Waals surface area contributed by atoms with Crippen molar-refractivity contribution in [3.63, 3.8) is 0 Å². The minimum Gasteiger partial charge on any atom is -0.469 e. The maximum atomic E-state index is 13.9. The Morgan fingerprint density at radius 2 is 1.93 bits per heavy atom. The summed E-state index contributed by atoms with van der Waals surface area (Å²) in [5.41, 5.74) is 1.01. The Labute approximate surface area is 245 Å². The summed E-state index contributed by atoms with van der Waals surface area (Å²) in [6.45, 7) is 2.66. The number of esters is 1. The molecule has 2 amide bonds. The predicted molar refractivity (Wildman–Crippen MR) is 157 cm³/mol. The molecule has 0 saturated carbocycles. The highest BCUT2D eigenvalue weighted by Crippen LogP contribution is 2.47. The predicted octanol–water partition coefficient (Wildman–Crippen LogP) is 3.27. The maximum absolute atomic E-state index is 13.9. The van der Waals surface area contributed by atoms with Crippen LogP contribution in [0.5, 0.6) is 0 Å². The molecule has 2 aromatic carbocycles. The Bertz CT molecular complexity index is 1410. The zero-order valence-corrected chi connectivity index (χ0v) is 23.9. The van der Waals surface area contributed by atoms with Crippen molar-refractivity contribution in [2.24, 2.45) is 5.92 Å². The van der Waals surface area contributed by atoms with Gasteiger partial charge in [0.2, 0.25) is 6.41 Å². The number of hydrogen-bond acceptors (Lipinski definition) is 8. The van der Waals surface area contributed by atoms with E-state index in [1.54, 1.807) is 53.0 Å². The van der Waals surface area contributed by atoms with Crippen molar-refractivity contribution in [1.29, 1.82) is 0 Å². The summed E-state index contributed by atoms with van der Waals surface area (Å²) in [5, 5.41) is 29.2. The molecular weight excluding hydrogens is 538 g/mol. The van der Waals surface area contributed by atoms with Crippen LogP contribution < -0.4 is 9.80 Å². The number of aliphatic hydroxyl groups excluding tert-OH is 1. The fourth-order valence-corrected chi connectivity index (χ4v) is 5.13. The Kier molecular flexibility index (Phi) is 10.2. The molecule has 2 N–H and O–H groups in total. The molecule has 42 heavy (non-hydrogen) atoms. The van der Waals surface area contributed by atoms with Gasteiger partial charge < -0.3 is 19.8 Å². The molecule has 0 spiro atoms. The molecule has 0 fully saturated rings. The van der Waals surface area contributed by atoms with E-state index < -0.39 is 17.4 Å². The number of fused-ring (bicyclic) bond motifs is 1. The van der Waals surface area contributed by atoms with Gasteiger partial charge in [0.25, 0.3) is 5.91 Å². The lowest BCUT2D eigenvalue weighted by atomic mass is 9.82. The number of para-hydroxylation sites is 1. The molecule has 1 aromatic heterocycles. The van der Waals surface area contributed by atoms with Crippen LogP contribution in [0.4, 0.5) is 17.1 Å². The quantitative estimate of drug-likeness (QED) is 0.122. The number of unbranched alkanes of at least 4 members (excludes halogenated alkanes) is 1. The number of aryl methyl sites for hydroxylation is 1. The van der Waals surface area contributed by atoms with E-state index in [0.717, 1.165) is 0 Å². The highest BCUT2D eigenvalue weighted by atomic mass is 16.5. The molecule has 0 unspecified atom stereocenters. The highest BCUT2D eigenvalue weighted by Gasteiger charge is 2.52. The molecule has 1 aliphatic rings. The molecule has 2 atom stereocenters. The first-order valence-corrected chi connectivity index (χ1v) is 14.0. The van der Waals surface area contributed by atoms with Gasteiger partial charge in [0.05, 0.1) is 18.5 Å². The topological polar surface area (TPSA) is 138 Å². The van der Waals surface area contributed by atoms with Gasteiger partial charge in [-0.3, -0.25) is 24.0 Å².